The average molecular weight is 254 g/mol. The number of ether oxygens (including phenoxy) is 1. The van der Waals surface area contributed by atoms with Gasteiger partial charge in [-0.15, -0.1) is 0 Å². The zero-order valence-electron chi connectivity index (χ0n) is 9.48. The molecule has 0 spiro atoms. The summed E-state index contributed by atoms with van der Waals surface area (Å²) in [6.45, 7) is 1.67. The van der Waals surface area contributed by atoms with Crippen molar-refractivity contribution in [3.63, 3.8) is 0 Å². The second-order valence-corrected chi connectivity index (χ2v) is 4.02. The van der Waals surface area contributed by atoms with Crippen LogP contribution in [0.2, 0.25) is 5.28 Å². The Balaban J connectivity index is 2.81. The maximum Gasteiger partial charge on any atom is 0.263 e. The van der Waals surface area contributed by atoms with Crippen LogP contribution in [0.4, 0.5) is 0 Å². The normalized spacial score (nSPS) is 12.7. The number of aromatic nitrogens is 2. The van der Waals surface area contributed by atoms with Gasteiger partial charge < -0.3 is 10.5 Å². The third-order valence-corrected chi connectivity index (χ3v) is 2.74. The van der Waals surface area contributed by atoms with Crippen LogP contribution in [0.25, 0.3) is 10.9 Å². The molecule has 17 heavy (non-hydrogen) atoms. The van der Waals surface area contributed by atoms with Crippen LogP contribution in [0.1, 0.15) is 13.1 Å². The summed E-state index contributed by atoms with van der Waals surface area (Å²) >= 11 is 5.93. The third-order valence-electron chi connectivity index (χ3n) is 2.47. The molecular formula is C11H12ClN3O2. The second-order valence-electron chi connectivity index (χ2n) is 3.68. The highest BCUT2D eigenvalue weighted by atomic mass is 35.5. The number of methoxy groups -OCH3 is 1. The molecule has 1 heterocycles. The minimum absolute atomic E-state index is 0.0748. The summed E-state index contributed by atoms with van der Waals surface area (Å²) in [6.07, 6.45) is -0.519. The molecule has 0 radical (unpaired) electrons. The number of rotatable bonds is 2. The van der Waals surface area contributed by atoms with Crippen molar-refractivity contribution in [3.8, 4) is 5.75 Å². The van der Waals surface area contributed by atoms with Gasteiger partial charge in [0.2, 0.25) is 5.28 Å². The molecule has 1 unspecified atom stereocenters. The van der Waals surface area contributed by atoms with Gasteiger partial charge in [0.25, 0.3) is 5.56 Å². The molecule has 1 aromatic carbocycles. The standard InChI is InChI=1S/C11H12ClN3O2/c1-6(13)15-10(16)8-4-3-7(17-2)5-9(8)14-11(15)12/h3-6H,13H2,1-2H3. The average Bonchev–Trinajstić information content (AvgIpc) is 2.27. The van der Waals surface area contributed by atoms with E-state index in [-0.39, 0.29) is 10.8 Å². The molecule has 0 bridgehead atoms. The van der Waals surface area contributed by atoms with E-state index in [1.165, 1.54) is 4.57 Å². The minimum atomic E-state index is -0.519. The first-order chi connectivity index (χ1) is 8.04. The first-order valence-corrected chi connectivity index (χ1v) is 5.43. The lowest BCUT2D eigenvalue weighted by molar-refractivity contribution is 0.415. The molecule has 5 nitrogen and oxygen atoms in total. The Kier molecular flexibility index (Phi) is 3.04. The van der Waals surface area contributed by atoms with Crippen molar-refractivity contribution < 1.29 is 4.74 Å². The van der Waals surface area contributed by atoms with E-state index in [0.717, 1.165) is 0 Å². The van der Waals surface area contributed by atoms with Gasteiger partial charge in [0.1, 0.15) is 5.75 Å². The van der Waals surface area contributed by atoms with Crippen LogP contribution >= 0.6 is 11.6 Å². The Labute approximate surface area is 103 Å². The fourth-order valence-electron chi connectivity index (χ4n) is 1.63. The van der Waals surface area contributed by atoms with Crippen LogP contribution in [0, 0.1) is 0 Å². The third kappa shape index (κ3) is 1.99. The molecule has 0 amide bonds. The van der Waals surface area contributed by atoms with E-state index in [0.29, 0.717) is 16.7 Å². The first-order valence-electron chi connectivity index (χ1n) is 5.06. The monoisotopic (exact) mass is 253 g/mol. The lowest BCUT2D eigenvalue weighted by atomic mass is 10.2. The first kappa shape index (κ1) is 11.9. The summed E-state index contributed by atoms with van der Waals surface area (Å²) in [6, 6.07) is 5.01. The largest absolute Gasteiger partial charge is 0.497 e. The van der Waals surface area contributed by atoms with E-state index >= 15 is 0 Å². The Bertz CT molecular complexity index is 622. The van der Waals surface area contributed by atoms with E-state index < -0.39 is 6.17 Å². The number of halogens is 1. The summed E-state index contributed by atoms with van der Waals surface area (Å²) < 4.78 is 6.31. The maximum atomic E-state index is 12.1. The van der Waals surface area contributed by atoms with Gasteiger partial charge >= 0.3 is 0 Å². The van der Waals surface area contributed by atoms with Crippen molar-refractivity contribution in [1.82, 2.24) is 9.55 Å². The van der Waals surface area contributed by atoms with Gasteiger partial charge in [-0.1, -0.05) is 0 Å². The molecule has 0 saturated heterocycles. The molecule has 2 rings (SSSR count). The van der Waals surface area contributed by atoms with Gasteiger partial charge in [0.15, 0.2) is 0 Å². The van der Waals surface area contributed by atoms with Gasteiger partial charge in [-0.2, -0.15) is 0 Å². The smallest absolute Gasteiger partial charge is 0.263 e. The van der Waals surface area contributed by atoms with Crippen LogP contribution in [-0.4, -0.2) is 16.7 Å². The predicted octanol–water partition coefficient (Wildman–Crippen LogP) is 1.54. The molecule has 0 aliphatic rings. The van der Waals surface area contributed by atoms with Crippen LogP contribution < -0.4 is 16.0 Å². The van der Waals surface area contributed by atoms with E-state index in [9.17, 15) is 4.79 Å². The summed E-state index contributed by atoms with van der Waals surface area (Å²) in [7, 11) is 1.55. The molecule has 0 aliphatic heterocycles. The molecule has 1 aromatic heterocycles. The number of nitrogens with zero attached hydrogens (tertiary/aromatic N) is 2. The fourth-order valence-corrected chi connectivity index (χ4v) is 1.95. The summed E-state index contributed by atoms with van der Waals surface area (Å²) in [5.41, 5.74) is 5.92. The fraction of sp³-hybridized carbons (Fsp3) is 0.273. The summed E-state index contributed by atoms with van der Waals surface area (Å²) in [4.78, 5) is 16.2. The van der Waals surface area contributed by atoms with Crippen molar-refractivity contribution in [2.75, 3.05) is 7.11 Å². The number of nitrogens with two attached hydrogens (primary N) is 1. The highest BCUT2D eigenvalue weighted by molar-refractivity contribution is 6.28. The highest BCUT2D eigenvalue weighted by Gasteiger charge is 2.12. The van der Waals surface area contributed by atoms with Crippen molar-refractivity contribution >= 4 is 22.5 Å². The zero-order valence-corrected chi connectivity index (χ0v) is 10.2. The lowest BCUT2D eigenvalue weighted by Gasteiger charge is -2.12. The molecule has 90 valence electrons. The van der Waals surface area contributed by atoms with Crippen molar-refractivity contribution in [2.24, 2.45) is 5.73 Å². The summed E-state index contributed by atoms with van der Waals surface area (Å²) in [5, 5.41) is 0.540. The molecule has 2 N–H and O–H groups in total. The Morgan fingerprint density at radius 2 is 2.24 bits per heavy atom. The van der Waals surface area contributed by atoms with Crippen molar-refractivity contribution in [1.29, 1.82) is 0 Å². The minimum Gasteiger partial charge on any atom is -0.497 e. The molecular weight excluding hydrogens is 242 g/mol. The Morgan fingerprint density at radius 1 is 1.53 bits per heavy atom. The molecule has 0 fully saturated rings. The molecule has 0 aliphatic carbocycles. The maximum absolute atomic E-state index is 12.1. The van der Waals surface area contributed by atoms with Crippen LogP contribution in [0.15, 0.2) is 23.0 Å². The Hall–Kier alpha value is -1.59. The van der Waals surface area contributed by atoms with Gasteiger partial charge in [-0.05, 0) is 30.7 Å². The van der Waals surface area contributed by atoms with E-state index in [4.69, 9.17) is 22.1 Å². The number of benzene rings is 1. The quantitative estimate of drug-likeness (QED) is 0.824. The van der Waals surface area contributed by atoms with Gasteiger partial charge in [-0.3, -0.25) is 9.36 Å². The molecule has 0 saturated carbocycles. The van der Waals surface area contributed by atoms with Crippen molar-refractivity contribution in [3.05, 3.63) is 33.8 Å². The van der Waals surface area contributed by atoms with Crippen LogP contribution in [-0.2, 0) is 0 Å². The van der Waals surface area contributed by atoms with E-state index in [1.807, 2.05) is 0 Å². The zero-order chi connectivity index (χ0) is 12.6. The second kappa shape index (κ2) is 4.35. The van der Waals surface area contributed by atoms with Gasteiger partial charge in [0, 0.05) is 6.07 Å². The van der Waals surface area contributed by atoms with E-state index in [2.05, 4.69) is 4.98 Å². The number of hydrogen-bond donors (Lipinski definition) is 1. The number of fused-ring (bicyclic) bond motifs is 1. The van der Waals surface area contributed by atoms with Gasteiger partial charge in [0.05, 0.1) is 24.2 Å². The SMILES string of the molecule is COc1ccc2c(=O)n(C(C)N)c(Cl)nc2c1. The molecule has 2 aromatic rings. The topological polar surface area (TPSA) is 70.1 Å². The van der Waals surface area contributed by atoms with E-state index in [1.54, 1.807) is 32.2 Å². The van der Waals surface area contributed by atoms with Crippen molar-refractivity contribution in [2.45, 2.75) is 13.1 Å². The lowest BCUT2D eigenvalue weighted by Crippen LogP contribution is -2.29. The molecule has 6 heteroatoms. The van der Waals surface area contributed by atoms with Crippen LogP contribution in [0.5, 0.6) is 5.75 Å². The number of hydrogen-bond acceptors (Lipinski definition) is 4. The highest BCUT2D eigenvalue weighted by Crippen LogP contribution is 2.19. The van der Waals surface area contributed by atoms with Gasteiger partial charge in [-0.25, -0.2) is 4.98 Å². The predicted molar refractivity (Wildman–Crippen MR) is 66.5 cm³/mol. The Morgan fingerprint density at radius 3 is 2.82 bits per heavy atom. The summed E-state index contributed by atoms with van der Waals surface area (Å²) in [5.74, 6) is 0.624. The molecule has 1 atom stereocenters. The van der Waals surface area contributed by atoms with Crippen LogP contribution in [0.3, 0.4) is 0 Å².